The molecule has 0 bridgehead atoms. The second-order valence-corrected chi connectivity index (χ2v) is 4.43. The maximum atomic E-state index is 10.6. The zero-order valence-electron chi connectivity index (χ0n) is 11.4. The zero-order valence-corrected chi connectivity index (χ0v) is 12.8. The first-order valence-electron chi connectivity index (χ1n) is 6.36. The molecule has 0 spiro atoms. The van der Waals surface area contributed by atoms with Crippen LogP contribution in [0.3, 0.4) is 0 Å². The van der Waals surface area contributed by atoms with Crippen LogP contribution in [-0.4, -0.2) is 63.3 Å². The number of carbonyl (C=O) groups is 1. The summed E-state index contributed by atoms with van der Waals surface area (Å²) in [5.74, 6) is -0.000937. The molecule has 1 amide bonds. The smallest absolute Gasteiger partial charge is 0.216 e. The van der Waals surface area contributed by atoms with Gasteiger partial charge in [-0.1, -0.05) is 12.8 Å². The van der Waals surface area contributed by atoms with Crippen LogP contribution in [0.1, 0.15) is 19.8 Å². The van der Waals surface area contributed by atoms with Crippen LogP contribution in [0.15, 0.2) is 0 Å². The first-order valence-corrected chi connectivity index (χ1v) is 6.36. The fourth-order valence-electron chi connectivity index (χ4n) is 2.00. The molecule has 0 saturated carbocycles. The number of rotatable bonds is 7. The minimum atomic E-state index is -0.000937. The van der Waals surface area contributed by atoms with Crippen LogP contribution in [0.4, 0.5) is 0 Å². The number of amides is 1. The van der Waals surface area contributed by atoms with Gasteiger partial charge in [0.05, 0.1) is 13.2 Å². The average Bonchev–Trinajstić information content (AvgIpc) is 2.34. The Labute approximate surface area is 122 Å². The second-order valence-electron chi connectivity index (χ2n) is 4.43. The monoisotopic (exact) mass is 293 g/mol. The third kappa shape index (κ3) is 8.11. The fraction of sp³-hybridized carbons (Fsp3) is 0.917. The van der Waals surface area contributed by atoms with Crippen LogP contribution in [-0.2, 0) is 28.1 Å². The predicted molar refractivity (Wildman–Crippen MR) is 68.2 cm³/mol. The summed E-state index contributed by atoms with van der Waals surface area (Å²) in [5.41, 5.74) is 0. The fourth-order valence-corrected chi connectivity index (χ4v) is 2.00. The molecule has 1 saturated heterocycles. The summed E-state index contributed by atoms with van der Waals surface area (Å²) in [6.07, 6.45) is 2.34. The van der Waals surface area contributed by atoms with Gasteiger partial charge in [-0.3, -0.25) is 4.79 Å². The van der Waals surface area contributed by atoms with E-state index in [1.165, 1.54) is 19.8 Å². The first-order chi connectivity index (χ1) is 8.22. The van der Waals surface area contributed by atoms with Crippen molar-refractivity contribution in [1.29, 1.82) is 0 Å². The van der Waals surface area contributed by atoms with Gasteiger partial charge in [-0.05, 0) is 13.1 Å². The van der Waals surface area contributed by atoms with E-state index in [-0.39, 0.29) is 24.5 Å². The molecule has 1 N–H and O–H groups in total. The summed E-state index contributed by atoms with van der Waals surface area (Å²) in [4.78, 5) is 13.0. The predicted octanol–water partition coefficient (Wildman–Crippen LogP) is 0.605. The normalized spacial score (nSPS) is 17.2. The molecular weight excluding hydrogens is 269 g/mol. The molecule has 1 aliphatic rings. The third-order valence-electron chi connectivity index (χ3n) is 3.09. The molecule has 1 rings (SSSR count). The van der Waals surface area contributed by atoms with Crippen LogP contribution in [0, 0.1) is 0 Å². The van der Waals surface area contributed by atoms with Crippen molar-refractivity contribution in [3.8, 4) is 0 Å². The number of hydrogen-bond acceptors (Lipinski definition) is 3. The number of ether oxygens (including phenoxy) is 1. The summed E-state index contributed by atoms with van der Waals surface area (Å²) in [6.45, 7) is 6.69. The van der Waals surface area contributed by atoms with Crippen molar-refractivity contribution < 1.29 is 28.1 Å². The molecule has 5 nitrogen and oxygen atoms in total. The molecule has 0 atom stereocenters. The van der Waals surface area contributed by atoms with Crippen LogP contribution < -0.4 is 5.32 Å². The Hall–Kier alpha value is -0.0656. The van der Waals surface area contributed by atoms with Crippen LogP contribution in [0.25, 0.3) is 5.32 Å². The van der Waals surface area contributed by atoms with E-state index in [0.29, 0.717) is 19.2 Å². The SMILES string of the molecule is C[N-]C1CCN(CCOCCNC(C)=O)CC1.[V]. The maximum absolute atomic E-state index is 10.6. The van der Waals surface area contributed by atoms with Crippen LogP contribution >= 0.6 is 0 Å². The van der Waals surface area contributed by atoms with E-state index >= 15 is 0 Å². The van der Waals surface area contributed by atoms with Gasteiger partial charge in [0.2, 0.25) is 5.91 Å². The number of nitrogens with one attached hydrogen (secondary N) is 1. The summed E-state index contributed by atoms with van der Waals surface area (Å²) in [7, 11) is 1.91. The van der Waals surface area contributed by atoms with Crippen molar-refractivity contribution >= 4 is 5.91 Å². The van der Waals surface area contributed by atoms with E-state index in [4.69, 9.17) is 4.74 Å². The Bertz CT molecular complexity index is 221. The molecule has 6 heteroatoms. The van der Waals surface area contributed by atoms with Crippen molar-refractivity contribution in [2.75, 3.05) is 46.4 Å². The molecule has 0 aromatic carbocycles. The molecule has 0 aromatic rings. The van der Waals surface area contributed by atoms with Gasteiger partial charge in [-0.15, -0.1) is 6.04 Å². The number of nitrogens with zero attached hydrogens (tertiary/aromatic N) is 2. The molecule has 0 unspecified atom stereocenters. The van der Waals surface area contributed by atoms with Gasteiger partial charge in [0.1, 0.15) is 0 Å². The second kappa shape index (κ2) is 10.8. The summed E-state index contributed by atoms with van der Waals surface area (Å²) < 4.78 is 5.46. The molecule has 0 aliphatic carbocycles. The van der Waals surface area contributed by atoms with Crippen molar-refractivity contribution in [2.45, 2.75) is 25.8 Å². The van der Waals surface area contributed by atoms with E-state index in [1.54, 1.807) is 0 Å². The number of hydrogen-bond donors (Lipinski definition) is 1. The van der Waals surface area contributed by atoms with Crippen molar-refractivity contribution in [2.24, 2.45) is 0 Å². The Kier molecular flexibility index (Phi) is 10.8. The van der Waals surface area contributed by atoms with Crippen molar-refractivity contribution in [3.05, 3.63) is 5.32 Å². The number of piperidine rings is 1. The van der Waals surface area contributed by atoms with Gasteiger partial charge < -0.3 is 20.3 Å². The Morgan fingerprint density at radius 1 is 1.39 bits per heavy atom. The van der Waals surface area contributed by atoms with Gasteiger partial charge in [0.15, 0.2) is 0 Å². The molecule has 105 valence electrons. The van der Waals surface area contributed by atoms with E-state index in [2.05, 4.69) is 15.5 Å². The van der Waals surface area contributed by atoms with Crippen LogP contribution in [0.2, 0.25) is 0 Å². The molecule has 1 heterocycles. The van der Waals surface area contributed by atoms with Gasteiger partial charge in [-0.25, -0.2) is 0 Å². The molecule has 1 radical (unpaired) electrons. The largest absolute Gasteiger partial charge is 0.662 e. The average molecular weight is 293 g/mol. The van der Waals surface area contributed by atoms with Crippen LogP contribution in [0.5, 0.6) is 0 Å². The Balaban J connectivity index is 0.00000289. The van der Waals surface area contributed by atoms with Gasteiger partial charge in [0.25, 0.3) is 0 Å². The molecule has 0 aromatic heterocycles. The molecule has 1 fully saturated rings. The van der Waals surface area contributed by atoms with Gasteiger partial charge in [0, 0.05) is 38.6 Å². The van der Waals surface area contributed by atoms with E-state index in [0.717, 1.165) is 26.2 Å². The van der Waals surface area contributed by atoms with E-state index in [9.17, 15) is 4.79 Å². The maximum Gasteiger partial charge on any atom is 0.216 e. The molecule has 1 aliphatic heterocycles. The van der Waals surface area contributed by atoms with Crippen molar-refractivity contribution in [1.82, 2.24) is 10.2 Å². The van der Waals surface area contributed by atoms with Gasteiger partial charge >= 0.3 is 0 Å². The number of carbonyl (C=O) groups excluding carboxylic acids is 1. The quantitative estimate of drug-likeness (QED) is 0.700. The molecule has 18 heavy (non-hydrogen) atoms. The van der Waals surface area contributed by atoms with Crippen molar-refractivity contribution in [3.63, 3.8) is 0 Å². The minimum absolute atomic E-state index is 0. The topological polar surface area (TPSA) is 55.7 Å². The molecular formula is C12H24N3O2V-. The zero-order chi connectivity index (χ0) is 12.5. The van der Waals surface area contributed by atoms with E-state index < -0.39 is 0 Å². The van der Waals surface area contributed by atoms with E-state index in [1.807, 2.05) is 7.05 Å². The number of likely N-dealkylation sites (tertiary alicyclic amines) is 1. The third-order valence-corrected chi connectivity index (χ3v) is 3.09. The Morgan fingerprint density at radius 2 is 2.06 bits per heavy atom. The van der Waals surface area contributed by atoms with Gasteiger partial charge in [-0.2, -0.15) is 7.05 Å². The Morgan fingerprint density at radius 3 is 2.61 bits per heavy atom. The first kappa shape index (κ1) is 17.9. The summed E-state index contributed by atoms with van der Waals surface area (Å²) in [6, 6.07) is 0.562. The summed E-state index contributed by atoms with van der Waals surface area (Å²) >= 11 is 0. The minimum Gasteiger partial charge on any atom is -0.662 e. The standard InChI is InChI=1S/C12H24N3O2.V/c1-11(16)14-5-9-17-10-8-15-6-3-12(13-2)4-7-15;/h12H,3-10H2,1-2H3,(H,14,16);/q-1;. The summed E-state index contributed by atoms with van der Waals surface area (Å²) in [5, 5.41) is 7.03.